The summed E-state index contributed by atoms with van der Waals surface area (Å²) in [5.41, 5.74) is 17.0. The first-order valence-corrected chi connectivity index (χ1v) is 34.9. The third-order valence-corrected chi connectivity index (χ3v) is 18.8. The molecule has 105 heavy (non-hydrogen) atoms. The topological polar surface area (TPSA) is 270 Å². The lowest BCUT2D eigenvalue weighted by Crippen LogP contribution is -2.43. The largest absolute Gasteiger partial charge is 0.322 e. The van der Waals surface area contributed by atoms with Gasteiger partial charge < -0.3 is 30.7 Å². The molecule has 12 aromatic rings. The monoisotopic (exact) mass is 1400 g/mol. The Labute approximate surface area is 609 Å². The molecule has 3 aromatic carbocycles. The van der Waals surface area contributed by atoms with E-state index in [-0.39, 0.29) is 17.7 Å². The first kappa shape index (κ1) is 71.2. The number of amides is 3. The Morgan fingerprint density at radius 2 is 0.733 bits per heavy atom. The number of nitrogens with zero attached hydrogens (tertiary/aromatic N) is 15. The Morgan fingerprint density at radius 3 is 1.10 bits per heavy atom. The van der Waals surface area contributed by atoms with Crippen molar-refractivity contribution in [3.63, 3.8) is 0 Å². The minimum Gasteiger partial charge on any atom is -0.322 e. The SMILES string of the molecule is Cc1cc(NC(=O)c2cncc(C#Cc3[nH]nc4cnccc34)c2)ccc1CN1CCN(C)CC1.Cc1cc(NC(=O)c2cncc(C#Cc3[nH]nc4ncccc34)c2)ccc1CN1CCN(C)CC1.Cc1cc(NC(=O)c2cncc(C#Cc3[nH]nc4ncccc34)c2)ccc1CN1CCN(C)CC1. The van der Waals surface area contributed by atoms with Crippen molar-refractivity contribution in [3.05, 3.63) is 249 Å². The maximum absolute atomic E-state index is 12.9. The van der Waals surface area contributed by atoms with Gasteiger partial charge in [-0.1, -0.05) is 36.0 Å². The van der Waals surface area contributed by atoms with Crippen molar-refractivity contribution in [2.75, 3.05) is 116 Å². The maximum Gasteiger partial charge on any atom is 0.257 e. The predicted molar refractivity (Wildman–Crippen MR) is 408 cm³/mol. The average Bonchev–Trinajstić information content (AvgIpc) is 1.72. The maximum atomic E-state index is 12.9. The molecule has 3 amide bonds. The number of carbonyl (C=O) groups excluding carboxylic acids is 3. The number of likely N-dealkylation sites (N-methyl/N-ethyl adjacent to an activating group) is 3. The van der Waals surface area contributed by atoms with E-state index in [2.05, 4.69) is 201 Å². The van der Waals surface area contributed by atoms with Crippen LogP contribution < -0.4 is 16.0 Å². The zero-order valence-electron chi connectivity index (χ0n) is 59.6. The van der Waals surface area contributed by atoms with Gasteiger partial charge >= 0.3 is 0 Å². The fourth-order valence-electron chi connectivity index (χ4n) is 12.4. The zero-order valence-corrected chi connectivity index (χ0v) is 59.6. The second-order valence-corrected chi connectivity index (χ2v) is 26.6. The molecule has 0 spiro atoms. The van der Waals surface area contributed by atoms with Crippen LogP contribution in [0.15, 0.2) is 165 Å². The second-order valence-electron chi connectivity index (χ2n) is 26.6. The van der Waals surface area contributed by atoms with Crippen molar-refractivity contribution in [2.45, 2.75) is 40.4 Å². The van der Waals surface area contributed by atoms with E-state index < -0.39 is 0 Å². The van der Waals surface area contributed by atoms with Crippen molar-refractivity contribution < 1.29 is 14.4 Å². The summed E-state index contributed by atoms with van der Waals surface area (Å²) in [6.07, 6.45) is 16.3. The minimum atomic E-state index is -0.219. The number of anilines is 3. The number of carbonyl (C=O) groups is 3. The van der Waals surface area contributed by atoms with Crippen LogP contribution >= 0.6 is 0 Å². The van der Waals surface area contributed by atoms with Crippen LogP contribution in [-0.4, -0.2) is 207 Å². The molecule has 0 radical (unpaired) electrons. The van der Waals surface area contributed by atoms with Gasteiger partial charge in [-0.25, -0.2) is 9.97 Å². The van der Waals surface area contributed by atoms with E-state index >= 15 is 0 Å². The third kappa shape index (κ3) is 18.9. The van der Waals surface area contributed by atoms with Gasteiger partial charge in [0, 0.05) is 193 Å². The summed E-state index contributed by atoms with van der Waals surface area (Å²) in [5.74, 6) is 17.7. The zero-order chi connectivity index (χ0) is 72.6. The molecule has 0 saturated carbocycles. The summed E-state index contributed by atoms with van der Waals surface area (Å²) in [4.78, 5) is 78.2. The number of hydrogen-bond donors (Lipinski definition) is 6. The van der Waals surface area contributed by atoms with Crippen molar-refractivity contribution in [3.8, 4) is 35.5 Å². The number of aromatic amines is 3. The molecule has 0 bridgehead atoms. The number of benzene rings is 3. The van der Waals surface area contributed by atoms with Crippen molar-refractivity contribution in [2.24, 2.45) is 0 Å². The molecule has 24 nitrogen and oxygen atoms in total. The Bertz CT molecular complexity index is 4790. The summed E-state index contributed by atoms with van der Waals surface area (Å²) >= 11 is 0. The lowest BCUT2D eigenvalue weighted by molar-refractivity contribution is 0.101. The highest BCUT2D eigenvalue weighted by Gasteiger charge is 2.20. The summed E-state index contributed by atoms with van der Waals surface area (Å²) in [7, 11) is 6.49. The first-order valence-electron chi connectivity index (χ1n) is 34.9. The van der Waals surface area contributed by atoms with Gasteiger partial charge in [0.05, 0.1) is 33.7 Å². The lowest BCUT2D eigenvalue weighted by Gasteiger charge is -2.32. The molecule has 3 saturated heterocycles. The van der Waals surface area contributed by atoms with Gasteiger partial charge in [-0.3, -0.25) is 64.3 Å². The fourth-order valence-corrected chi connectivity index (χ4v) is 12.4. The van der Waals surface area contributed by atoms with Crippen molar-refractivity contribution in [1.82, 2.24) is 89.9 Å². The van der Waals surface area contributed by atoms with E-state index in [1.807, 2.05) is 66.7 Å². The van der Waals surface area contributed by atoms with Crippen LogP contribution in [0, 0.1) is 56.3 Å². The van der Waals surface area contributed by atoms with E-state index in [9.17, 15) is 14.4 Å². The fraction of sp³-hybridized carbons (Fsp3) is 0.259. The molecule has 3 aliphatic rings. The number of hydrogen-bond acceptors (Lipinski definition) is 18. The molecule has 15 rings (SSSR count). The van der Waals surface area contributed by atoms with Crippen molar-refractivity contribution >= 4 is 67.8 Å². The predicted octanol–water partition coefficient (Wildman–Crippen LogP) is 9.18. The Balaban J connectivity index is 0.000000140. The summed E-state index contributed by atoms with van der Waals surface area (Å²) < 4.78 is 0. The van der Waals surface area contributed by atoms with E-state index in [0.717, 1.165) is 137 Å². The quantitative estimate of drug-likeness (QED) is 0.0622. The number of nitrogens with one attached hydrogen (secondary N) is 6. The van der Waals surface area contributed by atoms with Crippen LogP contribution in [0.1, 0.15) is 98.2 Å². The summed E-state index contributed by atoms with van der Waals surface area (Å²) in [6.45, 7) is 22.1. The number of piperazine rings is 3. The molecule has 12 heterocycles. The molecular formula is C81H81N21O3. The van der Waals surface area contributed by atoms with Gasteiger partial charge in [-0.05, 0) is 178 Å². The van der Waals surface area contributed by atoms with Crippen LogP contribution in [0.4, 0.5) is 17.1 Å². The average molecular weight is 1400 g/mol. The van der Waals surface area contributed by atoms with Crippen LogP contribution in [0.2, 0.25) is 0 Å². The Morgan fingerprint density at radius 1 is 0.381 bits per heavy atom. The Kier molecular flexibility index (Phi) is 22.9. The standard InChI is InChI=1S/3C27H27N7O/c1-19-13-23(5-4-21(19)18-34-11-9-33(2)10-12-34)30-27(35)22-14-20(15-29-16-22)3-6-25-24-7-8-28-17-26(24)32-31-25;2*1-19-14-23(7-6-21(19)18-34-12-10-33(2)11-13-34)30-27(35)22-15-20(16-28-17-22)5-8-25-24-4-3-9-29-26(24)32-31-25/h4-5,7-8,13-17H,9-12,18H2,1-2H3,(H,30,35)(H,31,32);2*3-4,6-7,9,14-17H,10-13,18H2,1-2H3,(H,30,35)(H,29,31,32). The number of aromatic nitrogens is 12. The lowest BCUT2D eigenvalue weighted by atomic mass is 10.1. The van der Waals surface area contributed by atoms with Crippen LogP contribution in [0.3, 0.4) is 0 Å². The van der Waals surface area contributed by atoms with Gasteiger partial charge in [0.2, 0.25) is 0 Å². The molecule has 6 N–H and O–H groups in total. The van der Waals surface area contributed by atoms with Gasteiger partial charge in [0.1, 0.15) is 22.6 Å². The van der Waals surface area contributed by atoms with Gasteiger partial charge in [-0.2, -0.15) is 15.3 Å². The summed E-state index contributed by atoms with van der Waals surface area (Å²) in [6, 6.07) is 32.9. The summed E-state index contributed by atoms with van der Waals surface area (Å²) in [5, 5.41) is 32.8. The molecule has 528 valence electrons. The van der Waals surface area contributed by atoms with Crippen LogP contribution in [-0.2, 0) is 19.6 Å². The normalized spacial score (nSPS) is 14.5. The highest BCUT2D eigenvalue weighted by molar-refractivity contribution is 6.06. The van der Waals surface area contributed by atoms with Crippen molar-refractivity contribution in [1.29, 1.82) is 0 Å². The number of H-pyrrole nitrogens is 3. The van der Waals surface area contributed by atoms with E-state index in [0.29, 0.717) is 61.8 Å². The highest BCUT2D eigenvalue weighted by atomic mass is 16.2. The Hall–Kier alpha value is -12.2. The minimum absolute atomic E-state index is 0.217. The number of fused-ring (bicyclic) bond motifs is 3. The molecule has 24 heteroatoms. The number of rotatable bonds is 12. The van der Waals surface area contributed by atoms with Gasteiger partial charge in [0.25, 0.3) is 17.7 Å². The second kappa shape index (κ2) is 33.7. The molecule has 3 aliphatic heterocycles. The molecular weight excluding hydrogens is 1320 g/mol. The number of pyridine rings is 6. The first-order chi connectivity index (χ1) is 51.1. The van der Waals surface area contributed by atoms with E-state index in [1.54, 1.807) is 80.2 Å². The molecule has 0 atom stereocenters. The van der Waals surface area contributed by atoms with Crippen LogP contribution in [0.5, 0.6) is 0 Å². The third-order valence-electron chi connectivity index (χ3n) is 18.8. The van der Waals surface area contributed by atoms with E-state index in [4.69, 9.17) is 0 Å². The van der Waals surface area contributed by atoms with E-state index in [1.165, 1.54) is 33.4 Å². The molecule has 0 aliphatic carbocycles. The highest BCUT2D eigenvalue weighted by Crippen LogP contribution is 2.24. The molecule has 3 fully saturated rings. The smallest absolute Gasteiger partial charge is 0.257 e. The van der Waals surface area contributed by atoms with Gasteiger partial charge in [0.15, 0.2) is 11.3 Å². The molecule has 0 unspecified atom stereocenters. The number of aryl methyl sites for hydroxylation is 3. The van der Waals surface area contributed by atoms with Gasteiger partial charge in [-0.15, -0.1) is 0 Å². The van der Waals surface area contributed by atoms with Crippen LogP contribution in [0.25, 0.3) is 33.0 Å². The molecule has 9 aromatic heterocycles.